The Morgan fingerprint density at radius 3 is 2.76 bits per heavy atom. The van der Waals surface area contributed by atoms with Crippen LogP contribution in [0.5, 0.6) is 0 Å². The van der Waals surface area contributed by atoms with Gasteiger partial charge in [0, 0.05) is 38.8 Å². The Morgan fingerprint density at radius 2 is 2.08 bits per heavy atom. The lowest BCUT2D eigenvalue weighted by atomic mass is 9.79. The van der Waals surface area contributed by atoms with Crippen LogP contribution in [0.15, 0.2) is 24.3 Å². The van der Waals surface area contributed by atoms with Crippen molar-refractivity contribution in [2.45, 2.75) is 39.2 Å². The van der Waals surface area contributed by atoms with Crippen molar-refractivity contribution in [3.05, 3.63) is 30.1 Å². The maximum atomic E-state index is 12.7. The summed E-state index contributed by atoms with van der Waals surface area (Å²) < 4.78 is 7.62. The molecule has 0 spiro atoms. The van der Waals surface area contributed by atoms with Crippen molar-refractivity contribution in [3.8, 4) is 0 Å². The highest BCUT2D eigenvalue weighted by Gasteiger charge is 2.38. The van der Waals surface area contributed by atoms with E-state index in [1.165, 1.54) is 0 Å². The Hall–Kier alpha value is -1.92. The third-order valence-corrected chi connectivity index (χ3v) is 5.14. The molecule has 1 aromatic heterocycles. The zero-order chi connectivity index (χ0) is 17.9. The molecular formula is C19H28N4O2. The van der Waals surface area contributed by atoms with E-state index < -0.39 is 5.41 Å². The predicted octanol–water partition coefficient (Wildman–Crippen LogP) is 2.03. The highest BCUT2D eigenvalue weighted by Crippen LogP contribution is 2.29. The number of ether oxygens (including phenoxy) is 1. The summed E-state index contributed by atoms with van der Waals surface area (Å²) in [5.74, 6) is 1.05. The number of fused-ring (bicyclic) bond motifs is 1. The van der Waals surface area contributed by atoms with Gasteiger partial charge in [-0.15, -0.1) is 0 Å². The molecule has 3 rings (SSSR count). The molecule has 2 aromatic rings. The van der Waals surface area contributed by atoms with Crippen molar-refractivity contribution in [3.63, 3.8) is 0 Å². The standard InChI is InChI=1S/C19H28N4O2/c1-14(2)23-16-6-4-3-5-15(16)22-17(23)7-10-21-18(24)19(13-20)8-11-25-12-9-19/h3-6,14H,7-13,20H2,1-2H3,(H,21,24). The summed E-state index contributed by atoms with van der Waals surface area (Å²) in [5.41, 5.74) is 7.57. The number of nitrogens with two attached hydrogens (primary N) is 1. The highest BCUT2D eigenvalue weighted by atomic mass is 16.5. The Labute approximate surface area is 148 Å². The molecule has 0 radical (unpaired) electrons. The van der Waals surface area contributed by atoms with Crippen molar-refractivity contribution >= 4 is 16.9 Å². The van der Waals surface area contributed by atoms with Gasteiger partial charge < -0.3 is 20.4 Å². The molecule has 0 unspecified atom stereocenters. The fraction of sp³-hybridized carbons (Fsp3) is 0.579. The third-order valence-electron chi connectivity index (χ3n) is 5.14. The smallest absolute Gasteiger partial charge is 0.227 e. The van der Waals surface area contributed by atoms with Gasteiger partial charge in [0.05, 0.1) is 16.4 Å². The molecule has 0 atom stereocenters. The van der Waals surface area contributed by atoms with Crippen molar-refractivity contribution < 1.29 is 9.53 Å². The largest absolute Gasteiger partial charge is 0.381 e. The van der Waals surface area contributed by atoms with Gasteiger partial charge in [0.25, 0.3) is 0 Å². The van der Waals surface area contributed by atoms with Crippen LogP contribution < -0.4 is 11.1 Å². The second-order valence-corrected chi connectivity index (χ2v) is 7.08. The molecule has 6 nitrogen and oxygen atoms in total. The third kappa shape index (κ3) is 3.55. The second-order valence-electron chi connectivity index (χ2n) is 7.08. The van der Waals surface area contributed by atoms with Crippen molar-refractivity contribution in [1.82, 2.24) is 14.9 Å². The number of benzene rings is 1. The van der Waals surface area contributed by atoms with E-state index in [4.69, 9.17) is 15.5 Å². The van der Waals surface area contributed by atoms with E-state index in [9.17, 15) is 4.79 Å². The second kappa shape index (κ2) is 7.54. The predicted molar refractivity (Wildman–Crippen MR) is 98.4 cm³/mol. The monoisotopic (exact) mass is 344 g/mol. The van der Waals surface area contributed by atoms with Gasteiger partial charge in [-0.25, -0.2) is 4.98 Å². The number of rotatable bonds is 6. The van der Waals surface area contributed by atoms with Crippen molar-refractivity contribution in [2.75, 3.05) is 26.3 Å². The van der Waals surface area contributed by atoms with Crippen LogP contribution in [0.2, 0.25) is 0 Å². The van der Waals surface area contributed by atoms with Crippen molar-refractivity contribution in [1.29, 1.82) is 0 Å². The number of amides is 1. The number of imidazole rings is 1. The molecule has 1 fully saturated rings. The molecule has 136 valence electrons. The summed E-state index contributed by atoms with van der Waals surface area (Å²) in [6.45, 7) is 6.45. The number of hydrogen-bond donors (Lipinski definition) is 2. The average molecular weight is 344 g/mol. The number of nitrogens with one attached hydrogen (secondary N) is 1. The summed E-state index contributed by atoms with van der Waals surface area (Å²) in [4.78, 5) is 17.4. The number of hydrogen-bond acceptors (Lipinski definition) is 4. The van der Waals surface area contributed by atoms with Crippen LogP contribution >= 0.6 is 0 Å². The van der Waals surface area contributed by atoms with Gasteiger partial charge in [0.15, 0.2) is 0 Å². The fourth-order valence-electron chi connectivity index (χ4n) is 3.61. The van der Waals surface area contributed by atoms with Crippen LogP contribution in [-0.4, -0.2) is 41.8 Å². The summed E-state index contributed by atoms with van der Waals surface area (Å²) in [5, 5.41) is 3.08. The molecule has 2 heterocycles. The number of carbonyl (C=O) groups is 1. The molecule has 0 saturated carbocycles. The van der Waals surface area contributed by atoms with E-state index in [2.05, 4.69) is 29.8 Å². The Morgan fingerprint density at radius 1 is 1.36 bits per heavy atom. The molecule has 25 heavy (non-hydrogen) atoms. The van der Waals surface area contributed by atoms with Gasteiger partial charge in [-0.2, -0.15) is 0 Å². The lowest BCUT2D eigenvalue weighted by Crippen LogP contribution is -2.49. The van der Waals surface area contributed by atoms with Gasteiger partial charge in [0.2, 0.25) is 5.91 Å². The first-order chi connectivity index (χ1) is 12.1. The molecule has 1 aromatic carbocycles. The number of para-hydroxylation sites is 2. The van der Waals surface area contributed by atoms with Crippen molar-refractivity contribution in [2.24, 2.45) is 11.1 Å². The summed E-state index contributed by atoms with van der Waals surface area (Å²) >= 11 is 0. The lowest BCUT2D eigenvalue weighted by Gasteiger charge is -2.34. The van der Waals surface area contributed by atoms with Crippen LogP contribution in [-0.2, 0) is 16.0 Å². The molecule has 1 amide bonds. The first-order valence-corrected chi connectivity index (χ1v) is 9.09. The summed E-state index contributed by atoms with van der Waals surface area (Å²) in [6, 6.07) is 8.48. The zero-order valence-corrected chi connectivity index (χ0v) is 15.1. The SMILES string of the molecule is CC(C)n1c(CCNC(=O)C2(CN)CCOCC2)nc2ccccc21. The van der Waals surface area contributed by atoms with Crippen LogP contribution in [0.4, 0.5) is 0 Å². The minimum atomic E-state index is -0.476. The van der Waals surface area contributed by atoms with Gasteiger partial charge in [-0.1, -0.05) is 12.1 Å². The lowest BCUT2D eigenvalue weighted by molar-refractivity contribution is -0.135. The molecule has 1 saturated heterocycles. The summed E-state index contributed by atoms with van der Waals surface area (Å²) in [6.07, 6.45) is 2.09. The zero-order valence-electron chi connectivity index (χ0n) is 15.1. The molecule has 3 N–H and O–H groups in total. The van der Waals surface area contributed by atoms with Crippen LogP contribution in [0.3, 0.4) is 0 Å². The summed E-state index contributed by atoms with van der Waals surface area (Å²) in [7, 11) is 0. The molecule has 1 aliphatic rings. The highest BCUT2D eigenvalue weighted by molar-refractivity contribution is 5.83. The van der Waals surface area contributed by atoms with E-state index in [-0.39, 0.29) is 5.91 Å². The molecular weight excluding hydrogens is 316 g/mol. The molecule has 0 aliphatic carbocycles. The van der Waals surface area contributed by atoms with E-state index in [1.54, 1.807) is 0 Å². The first kappa shape index (κ1) is 17.9. The normalized spacial score (nSPS) is 17.1. The van der Waals surface area contributed by atoms with Crippen LogP contribution in [0.1, 0.15) is 38.6 Å². The quantitative estimate of drug-likeness (QED) is 0.840. The Balaban J connectivity index is 1.68. The maximum absolute atomic E-state index is 12.7. The van der Waals surface area contributed by atoms with E-state index >= 15 is 0 Å². The van der Waals surface area contributed by atoms with E-state index in [1.807, 2.05) is 18.2 Å². The average Bonchev–Trinajstić information content (AvgIpc) is 3.00. The van der Waals surface area contributed by atoms with Gasteiger partial charge in [-0.3, -0.25) is 4.79 Å². The van der Waals surface area contributed by atoms with Gasteiger partial charge in [0.1, 0.15) is 5.82 Å². The van der Waals surface area contributed by atoms with E-state index in [0.29, 0.717) is 51.6 Å². The van der Waals surface area contributed by atoms with Crippen LogP contribution in [0, 0.1) is 5.41 Å². The Bertz CT molecular complexity index is 732. The molecule has 1 aliphatic heterocycles. The number of aromatic nitrogens is 2. The molecule has 6 heteroatoms. The topological polar surface area (TPSA) is 82.2 Å². The molecule has 0 bridgehead atoms. The Kier molecular flexibility index (Phi) is 5.39. The maximum Gasteiger partial charge on any atom is 0.227 e. The van der Waals surface area contributed by atoms with E-state index in [0.717, 1.165) is 16.9 Å². The van der Waals surface area contributed by atoms with Gasteiger partial charge >= 0.3 is 0 Å². The minimum absolute atomic E-state index is 0.0468. The fourth-order valence-corrected chi connectivity index (χ4v) is 3.61. The van der Waals surface area contributed by atoms with Crippen LogP contribution in [0.25, 0.3) is 11.0 Å². The number of nitrogens with zero attached hydrogens (tertiary/aromatic N) is 2. The van der Waals surface area contributed by atoms with Gasteiger partial charge in [-0.05, 0) is 38.8 Å². The number of carbonyl (C=O) groups excluding carboxylic acids is 1. The first-order valence-electron chi connectivity index (χ1n) is 9.09. The minimum Gasteiger partial charge on any atom is -0.381 e.